The molecule has 0 fully saturated rings. The SMILES string of the molecule is Cc1ccccc1-c1ncc(/C=C/C(=O)O)cn1. The molecule has 0 aliphatic rings. The van der Waals surface area contributed by atoms with E-state index >= 15 is 0 Å². The van der Waals surface area contributed by atoms with E-state index in [1.165, 1.54) is 6.08 Å². The van der Waals surface area contributed by atoms with E-state index in [2.05, 4.69) is 9.97 Å². The van der Waals surface area contributed by atoms with Gasteiger partial charge in [-0.3, -0.25) is 0 Å². The first-order valence-electron chi connectivity index (χ1n) is 5.46. The number of carbonyl (C=O) groups is 1. The molecule has 1 aromatic heterocycles. The molecule has 1 aromatic carbocycles. The zero-order valence-electron chi connectivity index (χ0n) is 9.87. The zero-order chi connectivity index (χ0) is 13.0. The molecule has 2 rings (SSSR count). The molecular weight excluding hydrogens is 228 g/mol. The van der Waals surface area contributed by atoms with Crippen LogP contribution in [0.3, 0.4) is 0 Å². The minimum atomic E-state index is -0.988. The maximum atomic E-state index is 10.4. The normalized spacial score (nSPS) is 10.7. The molecule has 18 heavy (non-hydrogen) atoms. The molecule has 0 spiro atoms. The average molecular weight is 240 g/mol. The van der Waals surface area contributed by atoms with Gasteiger partial charge in [0.15, 0.2) is 5.82 Å². The van der Waals surface area contributed by atoms with Crippen LogP contribution < -0.4 is 0 Å². The van der Waals surface area contributed by atoms with Crippen LogP contribution in [0.25, 0.3) is 17.5 Å². The highest BCUT2D eigenvalue weighted by Crippen LogP contribution is 2.18. The molecule has 0 unspecified atom stereocenters. The van der Waals surface area contributed by atoms with Crippen molar-refractivity contribution in [3.63, 3.8) is 0 Å². The lowest BCUT2D eigenvalue weighted by molar-refractivity contribution is -0.131. The van der Waals surface area contributed by atoms with Crippen LogP contribution in [0.5, 0.6) is 0 Å². The Morgan fingerprint density at radius 2 is 1.89 bits per heavy atom. The molecular formula is C14H12N2O2. The Labute approximate surface area is 105 Å². The van der Waals surface area contributed by atoms with Gasteiger partial charge in [-0.05, 0) is 18.6 Å². The summed E-state index contributed by atoms with van der Waals surface area (Å²) in [5.74, 6) is -0.349. The lowest BCUT2D eigenvalue weighted by atomic mass is 10.1. The number of hydrogen-bond donors (Lipinski definition) is 1. The number of aliphatic carboxylic acids is 1. The van der Waals surface area contributed by atoms with E-state index in [0.29, 0.717) is 11.4 Å². The Balaban J connectivity index is 2.28. The van der Waals surface area contributed by atoms with Crippen LogP contribution >= 0.6 is 0 Å². The standard InChI is InChI=1S/C14H12N2O2/c1-10-4-2-3-5-12(10)14-15-8-11(9-16-14)6-7-13(17)18/h2-9H,1H3,(H,17,18)/b7-6+. The summed E-state index contributed by atoms with van der Waals surface area (Å²) in [7, 11) is 0. The quantitative estimate of drug-likeness (QED) is 0.837. The van der Waals surface area contributed by atoms with Gasteiger partial charge in [-0.25, -0.2) is 14.8 Å². The molecule has 2 aromatic rings. The van der Waals surface area contributed by atoms with Crippen LogP contribution in [-0.2, 0) is 4.79 Å². The third kappa shape index (κ3) is 2.79. The fourth-order valence-electron chi connectivity index (χ4n) is 1.55. The number of benzene rings is 1. The summed E-state index contributed by atoms with van der Waals surface area (Å²) >= 11 is 0. The maximum absolute atomic E-state index is 10.4. The predicted octanol–water partition coefficient (Wildman–Crippen LogP) is 2.55. The van der Waals surface area contributed by atoms with Gasteiger partial charge in [-0.2, -0.15) is 0 Å². The lowest BCUT2D eigenvalue weighted by Crippen LogP contribution is -1.92. The molecule has 0 atom stereocenters. The summed E-state index contributed by atoms with van der Waals surface area (Å²) < 4.78 is 0. The molecule has 90 valence electrons. The van der Waals surface area contributed by atoms with Gasteiger partial charge < -0.3 is 5.11 Å². The second-order valence-electron chi connectivity index (χ2n) is 3.83. The summed E-state index contributed by atoms with van der Waals surface area (Å²) in [5, 5.41) is 8.52. The van der Waals surface area contributed by atoms with Gasteiger partial charge in [0.1, 0.15) is 0 Å². The number of aryl methyl sites for hydroxylation is 1. The summed E-state index contributed by atoms with van der Waals surface area (Å²) in [6, 6.07) is 7.85. The van der Waals surface area contributed by atoms with Crippen LogP contribution in [0.1, 0.15) is 11.1 Å². The van der Waals surface area contributed by atoms with Gasteiger partial charge in [0.2, 0.25) is 0 Å². The smallest absolute Gasteiger partial charge is 0.328 e. The number of nitrogens with zero attached hydrogens (tertiary/aromatic N) is 2. The first-order chi connectivity index (χ1) is 8.66. The summed E-state index contributed by atoms with van der Waals surface area (Å²) in [4.78, 5) is 18.8. The van der Waals surface area contributed by atoms with Crippen molar-refractivity contribution >= 4 is 12.0 Å². The third-order valence-electron chi connectivity index (χ3n) is 2.48. The van der Waals surface area contributed by atoms with Crippen LogP contribution in [0.2, 0.25) is 0 Å². The Morgan fingerprint density at radius 3 is 2.50 bits per heavy atom. The Bertz CT molecular complexity index is 589. The number of rotatable bonds is 3. The number of carboxylic acids is 1. The van der Waals surface area contributed by atoms with Crippen molar-refractivity contribution in [1.82, 2.24) is 9.97 Å². The fourth-order valence-corrected chi connectivity index (χ4v) is 1.55. The van der Waals surface area contributed by atoms with E-state index in [4.69, 9.17) is 5.11 Å². The van der Waals surface area contributed by atoms with E-state index in [1.54, 1.807) is 12.4 Å². The van der Waals surface area contributed by atoms with E-state index < -0.39 is 5.97 Å². The largest absolute Gasteiger partial charge is 0.478 e. The highest BCUT2D eigenvalue weighted by atomic mass is 16.4. The number of hydrogen-bond acceptors (Lipinski definition) is 3. The van der Waals surface area contributed by atoms with Gasteiger partial charge in [0.25, 0.3) is 0 Å². The highest BCUT2D eigenvalue weighted by molar-refractivity contribution is 5.85. The molecule has 0 aliphatic carbocycles. The van der Waals surface area contributed by atoms with Crippen molar-refractivity contribution in [3.8, 4) is 11.4 Å². The van der Waals surface area contributed by atoms with E-state index in [9.17, 15) is 4.79 Å². The summed E-state index contributed by atoms with van der Waals surface area (Å²) in [5.41, 5.74) is 2.74. The average Bonchev–Trinajstić information content (AvgIpc) is 2.38. The van der Waals surface area contributed by atoms with E-state index in [-0.39, 0.29) is 0 Å². The van der Waals surface area contributed by atoms with Crippen molar-refractivity contribution in [1.29, 1.82) is 0 Å². The van der Waals surface area contributed by atoms with Crippen LogP contribution in [0, 0.1) is 6.92 Å². The van der Waals surface area contributed by atoms with Crippen molar-refractivity contribution in [2.45, 2.75) is 6.92 Å². The van der Waals surface area contributed by atoms with Gasteiger partial charge >= 0.3 is 5.97 Å². The summed E-state index contributed by atoms with van der Waals surface area (Å²) in [6.45, 7) is 2.00. The minimum Gasteiger partial charge on any atom is -0.478 e. The molecule has 4 heteroatoms. The molecule has 1 N–H and O–H groups in total. The third-order valence-corrected chi connectivity index (χ3v) is 2.48. The van der Waals surface area contributed by atoms with Gasteiger partial charge in [-0.15, -0.1) is 0 Å². The molecule has 0 bridgehead atoms. The fraction of sp³-hybridized carbons (Fsp3) is 0.0714. The second kappa shape index (κ2) is 5.23. The monoisotopic (exact) mass is 240 g/mol. The Hall–Kier alpha value is -2.49. The van der Waals surface area contributed by atoms with E-state index in [1.807, 2.05) is 31.2 Å². The molecule has 4 nitrogen and oxygen atoms in total. The van der Waals surface area contributed by atoms with Crippen LogP contribution in [0.15, 0.2) is 42.7 Å². The van der Waals surface area contributed by atoms with Crippen molar-refractivity contribution in [2.24, 2.45) is 0 Å². The maximum Gasteiger partial charge on any atom is 0.328 e. The molecule has 0 saturated heterocycles. The minimum absolute atomic E-state index is 0.639. The van der Waals surface area contributed by atoms with Crippen LogP contribution in [-0.4, -0.2) is 21.0 Å². The Morgan fingerprint density at radius 1 is 1.22 bits per heavy atom. The first-order valence-corrected chi connectivity index (χ1v) is 5.46. The number of aromatic nitrogens is 2. The van der Waals surface area contributed by atoms with Crippen molar-refractivity contribution in [3.05, 3.63) is 53.9 Å². The molecule has 0 radical (unpaired) electrons. The molecule has 0 aliphatic heterocycles. The van der Waals surface area contributed by atoms with Crippen LogP contribution in [0.4, 0.5) is 0 Å². The first kappa shape index (κ1) is 12.0. The Kier molecular flexibility index (Phi) is 3.48. The molecule has 0 amide bonds. The number of carboxylic acid groups (broad SMARTS) is 1. The lowest BCUT2D eigenvalue weighted by Gasteiger charge is -2.03. The zero-order valence-corrected chi connectivity index (χ0v) is 9.87. The van der Waals surface area contributed by atoms with Gasteiger partial charge in [0, 0.05) is 29.6 Å². The van der Waals surface area contributed by atoms with E-state index in [0.717, 1.165) is 17.2 Å². The molecule has 1 heterocycles. The van der Waals surface area contributed by atoms with Gasteiger partial charge in [0.05, 0.1) is 0 Å². The van der Waals surface area contributed by atoms with Crippen molar-refractivity contribution in [2.75, 3.05) is 0 Å². The molecule has 0 saturated carbocycles. The van der Waals surface area contributed by atoms with Crippen molar-refractivity contribution < 1.29 is 9.90 Å². The highest BCUT2D eigenvalue weighted by Gasteiger charge is 2.03. The predicted molar refractivity (Wildman–Crippen MR) is 68.9 cm³/mol. The summed E-state index contributed by atoms with van der Waals surface area (Å²) in [6.07, 6.45) is 5.73. The second-order valence-corrected chi connectivity index (χ2v) is 3.83. The van der Waals surface area contributed by atoms with Gasteiger partial charge in [-0.1, -0.05) is 24.3 Å². The topological polar surface area (TPSA) is 63.1 Å².